The lowest BCUT2D eigenvalue weighted by molar-refractivity contribution is 0.104. The van der Waals surface area contributed by atoms with Gasteiger partial charge in [-0.1, -0.05) is 19.1 Å². The maximum atomic E-state index is 12.5. The molecule has 2 rings (SSSR count). The van der Waals surface area contributed by atoms with Crippen LogP contribution in [0.5, 0.6) is 17.2 Å². The Balaban J connectivity index is 2.49. The highest BCUT2D eigenvalue weighted by molar-refractivity contribution is 6.07. The van der Waals surface area contributed by atoms with E-state index in [4.69, 9.17) is 4.74 Å². The van der Waals surface area contributed by atoms with Gasteiger partial charge in [0.1, 0.15) is 17.2 Å². The van der Waals surface area contributed by atoms with Crippen LogP contribution in [0.15, 0.2) is 67.8 Å². The third-order valence-corrected chi connectivity index (χ3v) is 5.23. The first-order valence-corrected chi connectivity index (χ1v) is 9.55. The third-order valence-electron chi connectivity index (χ3n) is 5.23. The zero-order valence-corrected chi connectivity index (χ0v) is 17.0. The summed E-state index contributed by atoms with van der Waals surface area (Å²) in [5, 5.41) is 20.1. The standard InChI is InChI=1S/C25H28O4/c1-5-14-25(7-3,15-6-2)21-16-19(24(29-4)17-23(21)28)10-13-22(27)18-8-11-20(26)12-9-18/h5-6,8-13,16-17,26,28H,1-2,7,14-15H2,3-4H3/b13-10+. The largest absolute Gasteiger partial charge is 0.508 e. The number of carbonyl (C=O) groups is 1. The number of phenols is 2. The Hall–Kier alpha value is -3.27. The molecule has 29 heavy (non-hydrogen) atoms. The molecule has 0 spiro atoms. The van der Waals surface area contributed by atoms with E-state index < -0.39 is 0 Å². The lowest BCUT2D eigenvalue weighted by Crippen LogP contribution is -2.24. The molecule has 152 valence electrons. The number of rotatable bonds is 10. The molecule has 2 aromatic rings. The molecule has 0 saturated carbocycles. The number of ketones is 1. The number of ether oxygens (including phenoxy) is 1. The summed E-state index contributed by atoms with van der Waals surface area (Å²) in [5.74, 6) is 0.536. The van der Waals surface area contributed by atoms with Crippen molar-refractivity contribution in [2.75, 3.05) is 7.11 Å². The number of allylic oxidation sites excluding steroid dienone is 3. The molecule has 2 N–H and O–H groups in total. The molecule has 2 aromatic carbocycles. The van der Waals surface area contributed by atoms with Crippen LogP contribution < -0.4 is 4.74 Å². The van der Waals surface area contributed by atoms with E-state index in [1.54, 1.807) is 24.3 Å². The minimum absolute atomic E-state index is 0.107. The van der Waals surface area contributed by atoms with Gasteiger partial charge in [0, 0.05) is 28.2 Å². The molecule has 0 atom stereocenters. The van der Waals surface area contributed by atoms with E-state index in [0.717, 1.165) is 12.0 Å². The average molecular weight is 392 g/mol. The van der Waals surface area contributed by atoms with Crippen LogP contribution >= 0.6 is 0 Å². The molecule has 0 unspecified atom stereocenters. The molecular weight excluding hydrogens is 364 g/mol. The molecular formula is C25H28O4. The number of benzene rings is 2. The maximum absolute atomic E-state index is 12.5. The summed E-state index contributed by atoms with van der Waals surface area (Å²) < 4.78 is 5.41. The van der Waals surface area contributed by atoms with Gasteiger partial charge in [0.05, 0.1) is 7.11 Å². The number of aromatic hydroxyl groups is 2. The van der Waals surface area contributed by atoms with Crippen molar-refractivity contribution in [3.05, 3.63) is 84.5 Å². The smallest absolute Gasteiger partial charge is 0.185 e. The minimum Gasteiger partial charge on any atom is -0.508 e. The lowest BCUT2D eigenvalue weighted by atomic mass is 9.72. The van der Waals surface area contributed by atoms with Crippen molar-refractivity contribution < 1.29 is 19.7 Å². The van der Waals surface area contributed by atoms with E-state index in [0.29, 0.717) is 29.7 Å². The second-order valence-corrected chi connectivity index (χ2v) is 6.98. The van der Waals surface area contributed by atoms with Gasteiger partial charge in [-0.25, -0.2) is 0 Å². The summed E-state index contributed by atoms with van der Waals surface area (Å²) in [7, 11) is 1.52. The van der Waals surface area contributed by atoms with Crippen molar-refractivity contribution in [2.45, 2.75) is 31.6 Å². The van der Waals surface area contributed by atoms with E-state index in [2.05, 4.69) is 20.1 Å². The van der Waals surface area contributed by atoms with Crippen LogP contribution in [-0.4, -0.2) is 23.1 Å². The number of hydrogen-bond acceptors (Lipinski definition) is 4. The summed E-state index contributed by atoms with van der Waals surface area (Å²) >= 11 is 0. The Morgan fingerprint density at radius 3 is 2.24 bits per heavy atom. The fourth-order valence-electron chi connectivity index (χ4n) is 3.54. The SMILES string of the molecule is C=CCC(CC)(CC=C)c1cc(/C=C/C(=O)c2ccc(O)cc2)c(OC)cc1O. The Labute approximate surface area is 172 Å². The summed E-state index contributed by atoms with van der Waals surface area (Å²) in [6.45, 7) is 9.81. The number of carbonyl (C=O) groups excluding carboxylic acids is 1. The molecule has 0 saturated heterocycles. The van der Waals surface area contributed by atoms with E-state index >= 15 is 0 Å². The van der Waals surface area contributed by atoms with Crippen LogP contribution in [0, 0.1) is 0 Å². The van der Waals surface area contributed by atoms with Gasteiger partial charge in [-0.15, -0.1) is 13.2 Å². The highest BCUT2D eigenvalue weighted by Crippen LogP contribution is 2.43. The number of methoxy groups -OCH3 is 1. The monoisotopic (exact) mass is 392 g/mol. The Bertz CT molecular complexity index is 897. The Morgan fingerprint density at radius 2 is 1.72 bits per heavy atom. The fraction of sp³-hybridized carbons (Fsp3) is 0.240. The number of hydrogen-bond donors (Lipinski definition) is 2. The van der Waals surface area contributed by atoms with Gasteiger partial charge in [-0.05, 0) is 61.7 Å². The van der Waals surface area contributed by atoms with Gasteiger partial charge in [-0.3, -0.25) is 4.79 Å². The van der Waals surface area contributed by atoms with E-state index in [-0.39, 0.29) is 22.7 Å². The van der Waals surface area contributed by atoms with Crippen molar-refractivity contribution in [2.24, 2.45) is 0 Å². The molecule has 0 bridgehead atoms. The molecule has 0 aliphatic heterocycles. The van der Waals surface area contributed by atoms with Gasteiger partial charge >= 0.3 is 0 Å². The molecule has 0 aliphatic rings. The third kappa shape index (κ3) is 4.96. The van der Waals surface area contributed by atoms with E-state index in [1.165, 1.54) is 25.3 Å². The van der Waals surface area contributed by atoms with Crippen LogP contribution in [-0.2, 0) is 5.41 Å². The second-order valence-electron chi connectivity index (χ2n) is 6.98. The zero-order chi connectivity index (χ0) is 21.4. The maximum Gasteiger partial charge on any atom is 0.185 e. The molecule has 4 heteroatoms. The zero-order valence-electron chi connectivity index (χ0n) is 17.0. The van der Waals surface area contributed by atoms with Crippen molar-refractivity contribution in [1.82, 2.24) is 0 Å². The minimum atomic E-state index is -0.330. The normalized spacial score (nSPS) is 11.4. The predicted octanol–water partition coefficient (Wildman–Crippen LogP) is 5.80. The molecule has 0 radical (unpaired) electrons. The number of phenolic OH excluding ortho intramolecular Hbond substituents is 2. The molecule has 0 fully saturated rings. The highest BCUT2D eigenvalue weighted by atomic mass is 16.5. The lowest BCUT2D eigenvalue weighted by Gasteiger charge is -2.32. The van der Waals surface area contributed by atoms with Crippen molar-refractivity contribution >= 4 is 11.9 Å². The van der Waals surface area contributed by atoms with Crippen LogP contribution in [0.3, 0.4) is 0 Å². The fourth-order valence-corrected chi connectivity index (χ4v) is 3.54. The topological polar surface area (TPSA) is 66.8 Å². The van der Waals surface area contributed by atoms with Crippen LogP contribution in [0.25, 0.3) is 6.08 Å². The van der Waals surface area contributed by atoms with Gasteiger partial charge in [0.2, 0.25) is 0 Å². The predicted molar refractivity (Wildman–Crippen MR) is 118 cm³/mol. The van der Waals surface area contributed by atoms with E-state index in [1.807, 2.05) is 18.2 Å². The van der Waals surface area contributed by atoms with Crippen LogP contribution in [0.1, 0.15) is 47.7 Å². The van der Waals surface area contributed by atoms with Crippen molar-refractivity contribution in [3.63, 3.8) is 0 Å². The first-order chi connectivity index (χ1) is 13.9. The van der Waals surface area contributed by atoms with Gasteiger partial charge in [-0.2, -0.15) is 0 Å². The van der Waals surface area contributed by atoms with Gasteiger partial charge < -0.3 is 14.9 Å². The summed E-state index contributed by atoms with van der Waals surface area (Å²) in [4.78, 5) is 12.5. The van der Waals surface area contributed by atoms with Crippen LogP contribution in [0.4, 0.5) is 0 Å². The molecule has 0 amide bonds. The molecule has 0 heterocycles. The first kappa shape index (κ1) is 22.0. The second kappa shape index (κ2) is 9.78. The van der Waals surface area contributed by atoms with Crippen LogP contribution in [0.2, 0.25) is 0 Å². The quantitative estimate of drug-likeness (QED) is 0.304. The van der Waals surface area contributed by atoms with Gasteiger partial charge in [0.15, 0.2) is 5.78 Å². The summed E-state index contributed by atoms with van der Waals surface area (Å²) in [6.07, 6.45) is 9.00. The van der Waals surface area contributed by atoms with Crippen molar-refractivity contribution in [1.29, 1.82) is 0 Å². The van der Waals surface area contributed by atoms with Crippen molar-refractivity contribution in [3.8, 4) is 17.2 Å². The Morgan fingerprint density at radius 1 is 1.10 bits per heavy atom. The summed E-state index contributed by atoms with van der Waals surface area (Å²) in [6, 6.07) is 9.53. The molecule has 0 aliphatic carbocycles. The van der Waals surface area contributed by atoms with Gasteiger partial charge in [0.25, 0.3) is 0 Å². The molecule has 4 nitrogen and oxygen atoms in total. The average Bonchev–Trinajstić information content (AvgIpc) is 2.72. The summed E-state index contributed by atoms with van der Waals surface area (Å²) in [5.41, 5.74) is 1.61. The first-order valence-electron chi connectivity index (χ1n) is 9.55. The Kier molecular flexibility index (Phi) is 7.43. The molecule has 0 aromatic heterocycles. The van der Waals surface area contributed by atoms with E-state index in [9.17, 15) is 15.0 Å². The highest BCUT2D eigenvalue weighted by Gasteiger charge is 2.31.